The molecule has 0 spiro atoms. The number of fused-ring (bicyclic) bond motifs is 3. The first-order valence-electron chi connectivity index (χ1n) is 11.5. The third-order valence-corrected chi connectivity index (χ3v) is 6.47. The maximum Gasteiger partial charge on any atom is 0.407 e. The first-order valence-corrected chi connectivity index (χ1v) is 11.5. The van der Waals surface area contributed by atoms with Gasteiger partial charge in [0.15, 0.2) is 0 Å². The van der Waals surface area contributed by atoms with Crippen molar-refractivity contribution >= 4 is 18.0 Å². The van der Waals surface area contributed by atoms with E-state index in [0.29, 0.717) is 0 Å². The summed E-state index contributed by atoms with van der Waals surface area (Å²) >= 11 is 0. The van der Waals surface area contributed by atoms with Crippen LogP contribution in [-0.4, -0.2) is 48.2 Å². The van der Waals surface area contributed by atoms with E-state index in [1.807, 2.05) is 48.5 Å². The molecule has 0 saturated heterocycles. The highest BCUT2D eigenvalue weighted by Crippen LogP contribution is 2.44. The molecule has 0 fully saturated rings. The van der Waals surface area contributed by atoms with Gasteiger partial charge >= 0.3 is 12.1 Å². The van der Waals surface area contributed by atoms with Crippen molar-refractivity contribution in [3.05, 3.63) is 59.7 Å². The number of carboxylic acid groups (broad SMARTS) is 1. The average Bonchev–Trinajstić information content (AvgIpc) is 3.14. The van der Waals surface area contributed by atoms with Crippen LogP contribution < -0.4 is 10.6 Å². The number of alkyl carbamates (subject to hydrolysis) is 1. The number of rotatable bonds is 10. The van der Waals surface area contributed by atoms with Gasteiger partial charge in [0, 0.05) is 24.3 Å². The standard InChI is InChI=1S/C26H30F2N2O5/c1-4-26(27,28)25(2,3)15-29-23(33)21(13-22(31)32)30-24(34)35-14-20-18-11-7-5-9-16(18)17-10-6-8-12-19(17)20/h5-12,20-21H,4,13-15H2,1-3H3,(H,29,33)(H,30,34)(H,31,32). The van der Waals surface area contributed by atoms with Crippen molar-refractivity contribution in [1.82, 2.24) is 10.6 Å². The Morgan fingerprint density at radius 1 is 1.03 bits per heavy atom. The van der Waals surface area contributed by atoms with Gasteiger partial charge in [-0.3, -0.25) is 9.59 Å². The highest BCUT2D eigenvalue weighted by atomic mass is 19.3. The summed E-state index contributed by atoms with van der Waals surface area (Å²) in [4.78, 5) is 36.3. The number of nitrogens with one attached hydrogen (secondary N) is 2. The van der Waals surface area contributed by atoms with E-state index < -0.39 is 54.7 Å². The van der Waals surface area contributed by atoms with Crippen LogP contribution in [0, 0.1) is 5.41 Å². The lowest BCUT2D eigenvalue weighted by molar-refractivity contribution is -0.140. The summed E-state index contributed by atoms with van der Waals surface area (Å²) in [5.41, 5.74) is 2.54. The number of benzene rings is 2. The number of hydrogen-bond donors (Lipinski definition) is 3. The van der Waals surface area contributed by atoms with Crippen molar-refractivity contribution in [3.8, 4) is 11.1 Å². The van der Waals surface area contributed by atoms with Crippen molar-refractivity contribution < 1.29 is 33.0 Å². The molecule has 0 bridgehead atoms. The van der Waals surface area contributed by atoms with Crippen molar-refractivity contribution in [2.24, 2.45) is 5.41 Å². The molecule has 9 heteroatoms. The van der Waals surface area contributed by atoms with E-state index in [1.165, 1.54) is 20.8 Å². The quantitative estimate of drug-likeness (QED) is 0.455. The van der Waals surface area contributed by atoms with Gasteiger partial charge in [0.1, 0.15) is 12.6 Å². The van der Waals surface area contributed by atoms with Gasteiger partial charge in [-0.15, -0.1) is 0 Å². The SMILES string of the molecule is CCC(F)(F)C(C)(C)CNC(=O)C(CC(=O)O)NC(=O)OCC1c2ccccc2-c2ccccc21. The summed E-state index contributed by atoms with van der Waals surface area (Å²) in [5, 5.41) is 13.8. The summed E-state index contributed by atoms with van der Waals surface area (Å²) in [5.74, 6) is -5.46. The van der Waals surface area contributed by atoms with Crippen LogP contribution in [0.5, 0.6) is 0 Å². The van der Waals surface area contributed by atoms with Crippen LogP contribution in [0.3, 0.4) is 0 Å². The molecule has 1 aliphatic carbocycles. The molecule has 2 aromatic rings. The first-order chi connectivity index (χ1) is 16.5. The molecule has 1 unspecified atom stereocenters. The number of alkyl halides is 2. The Hall–Kier alpha value is -3.49. The number of carbonyl (C=O) groups is 3. The van der Waals surface area contributed by atoms with Crippen molar-refractivity contribution in [2.45, 2.75) is 51.5 Å². The predicted octanol–water partition coefficient (Wildman–Crippen LogP) is 4.56. The molecule has 0 heterocycles. The van der Waals surface area contributed by atoms with E-state index in [-0.39, 0.29) is 12.5 Å². The average molecular weight is 489 g/mol. The summed E-state index contributed by atoms with van der Waals surface area (Å²) in [7, 11) is 0. The zero-order chi connectivity index (χ0) is 25.8. The molecular formula is C26H30F2N2O5. The second-order valence-electron chi connectivity index (χ2n) is 9.28. The first kappa shape index (κ1) is 26.1. The fourth-order valence-electron chi connectivity index (χ4n) is 4.21. The van der Waals surface area contributed by atoms with Crippen LogP contribution >= 0.6 is 0 Å². The minimum atomic E-state index is -3.04. The molecule has 35 heavy (non-hydrogen) atoms. The lowest BCUT2D eigenvalue weighted by atomic mass is 9.84. The smallest absolute Gasteiger partial charge is 0.407 e. The molecule has 3 rings (SSSR count). The van der Waals surface area contributed by atoms with E-state index in [2.05, 4.69) is 10.6 Å². The fraction of sp³-hybridized carbons (Fsp3) is 0.423. The molecule has 2 aromatic carbocycles. The van der Waals surface area contributed by atoms with E-state index in [0.717, 1.165) is 22.3 Å². The summed E-state index contributed by atoms with van der Waals surface area (Å²) in [6.07, 6.45) is -2.10. The Morgan fingerprint density at radius 3 is 2.09 bits per heavy atom. The van der Waals surface area contributed by atoms with Crippen molar-refractivity contribution in [2.75, 3.05) is 13.2 Å². The van der Waals surface area contributed by atoms with Crippen LogP contribution in [0.15, 0.2) is 48.5 Å². The number of carboxylic acids is 1. The third kappa shape index (κ3) is 5.78. The summed E-state index contributed by atoms with van der Waals surface area (Å²) < 4.78 is 33.6. The van der Waals surface area contributed by atoms with Crippen LogP contribution in [0.1, 0.15) is 50.7 Å². The summed E-state index contributed by atoms with van der Waals surface area (Å²) in [6, 6.07) is 14.1. The Morgan fingerprint density at radius 2 is 1.57 bits per heavy atom. The number of ether oxygens (including phenoxy) is 1. The molecule has 0 saturated carbocycles. The van der Waals surface area contributed by atoms with Crippen LogP contribution in [0.4, 0.5) is 13.6 Å². The fourth-order valence-corrected chi connectivity index (χ4v) is 4.21. The largest absolute Gasteiger partial charge is 0.481 e. The minimum absolute atomic E-state index is 0.0168. The number of hydrogen-bond acceptors (Lipinski definition) is 4. The normalized spacial score (nSPS) is 14.0. The number of carbonyl (C=O) groups excluding carboxylic acids is 2. The molecule has 3 N–H and O–H groups in total. The monoisotopic (exact) mass is 488 g/mol. The van der Waals surface area contributed by atoms with E-state index in [9.17, 15) is 23.2 Å². The molecule has 188 valence electrons. The molecule has 0 radical (unpaired) electrons. The van der Waals surface area contributed by atoms with Crippen LogP contribution in [0.2, 0.25) is 0 Å². The van der Waals surface area contributed by atoms with E-state index in [4.69, 9.17) is 9.84 Å². The molecule has 0 aromatic heterocycles. The zero-order valence-corrected chi connectivity index (χ0v) is 19.9. The van der Waals surface area contributed by atoms with Gasteiger partial charge in [0.25, 0.3) is 5.92 Å². The maximum atomic E-state index is 14.1. The van der Waals surface area contributed by atoms with Gasteiger partial charge in [-0.25, -0.2) is 13.6 Å². The molecule has 1 aliphatic rings. The van der Waals surface area contributed by atoms with E-state index in [1.54, 1.807) is 0 Å². The van der Waals surface area contributed by atoms with Gasteiger partial charge in [-0.1, -0.05) is 69.3 Å². The second kappa shape index (κ2) is 10.4. The van der Waals surface area contributed by atoms with Crippen molar-refractivity contribution in [1.29, 1.82) is 0 Å². The summed E-state index contributed by atoms with van der Waals surface area (Å²) in [6.45, 7) is 3.55. The Labute approximate surface area is 202 Å². The number of halogens is 2. The maximum absolute atomic E-state index is 14.1. The van der Waals surface area contributed by atoms with E-state index >= 15 is 0 Å². The highest BCUT2D eigenvalue weighted by molar-refractivity contribution is 5.89. The zero-order valence-electron chi connectivity index (χ0n) is 19.9. The number of amides is 2. The Kier molecular flexibility index (Phi) is 7.77. The molecular weight excluding hydrogens is 458 g/mol. The van der Waals surface area contributed by atoms with Gasteiger partial charge in [-0.2, -0.15) is 0 Å². The third-order valence-electron chi connectivity index (χ3n) is 6.47. The van der Waals surface area contributed by atoms with Crippen LogP contribution in [-0.2, 0) is 14.3 Å². The second-order valence-corrected chi connectivity index (χ2v) is 9.28. The molecule has 1 atom stereocenters. The number of aliphatic carboxylic acids is 1. The Bertz CT molecular complexity index is 1060. The van der Waals surface area contributed by atoms with Crippen LogP contribution in [0.25, 0.3) is 11.1 Å². The lowest BCUT2D eigenvalue weighted by Gasteiger charge is -2.34. The van der Waals surface area contributed by atoms with Gasteiger partial charge < -0.3 is 20.5 Å². The Balaban J connectivity index is 1.64. The minimum Gasteiger partial charge on any atom is -0.481 e. The van der Waals surface area contributed by atoms with Gasteiger partial charge in [0.05, 0.1) is 6.42 Å². The molecule has 2 amide bonds. The van der Waals surface area contributed by atoms with Crippen molar-refractivity contribution in [3.63, 3.8) is 0 Å². The van der Waals surface area contributed by atoms with Gasteiger partial charge in [0.2, 0.25) is 5.91 Å². The predicted molar refractivity (Wildman–Crippen MR) is 126 cm³/mol. The lowest BCUT2D eigenvalue weighted by Crippen LogP contribution is -2.52. The van der Waals surface area contributed by atoms with Gasteiger partial charge in [-0.05, 0) is 22.3 Å². The molecule has 0 aliphatic heterocycles. The highest BCUT2D eigenvalue weighted by Gasteiger charge is 2.45. The topological polar surface area (TPSA) is 105 Å². The molecule has 7 nitrogen and oxygen atoms in total.